The smallest absolute Gasteiger partial charge is 0.357 e. The summed E-state index contributed by atoms with van der Waals surface area (Å²) in [6, 6.07) is 13.2. The minimum absolute atomic E-state index is 0.0379. The quantitative estimate of drug-likeness (QED) is 0.792. The van der Waals surface area contributed by atoms with Crippen LogP contribution in [-0.4, -0.2) is 25.8 Å². The highest BCUT2D eigenvalue weighted by Gasteiger charge is 2.20. The first kappa shape index (κ1) is 12.3. The van der Waals surface area contributed by atoms with E-state index in [1.165, 1.54) is 0 Å². The van der Waals surface area contributed by atoms with Gasteiger partial charge in [0, 0.05) is 6.20 Å². The highest BCUT2D eigenvalue weighted by atomic mass is 16.4. The molecule has 100 valence electrons. The highest BCUT2D eigenvalue weighted by molar-refractivity contribution is 6.00. The van der Waals surface area contributed by atoms with Gasteiger partial charge in [-0.3, -0.25) is 0 Å². The molecule has 5 nitrogen and oxygen atoms in total. The second-order valence-corrected chi connectivity index (χ2v) is 4.56. The van der Waals surface area contributed by atoms with E-state index >= 15 is 0 Å². The Morgan fingerprint density at radius 2 is 1.95 bits per heavy atom. The van der Waals surface area contributed by atoms with E-state index in [4.69, 9.17) is 0 Å². The third-order valence-electron chi connectivity index (χ3n) is 3.32. The SMILES string of the molecule is CC(c1ccccc1)n1nc(C(=O)O)c2cccnc21. The second kappa shape index (κ2) is 4.77. The number of aromatic carboxylic acids is 1. The Bertz CT molecular complexity index is 765. The fraction of sp³-hybridized carbons (Fsp3) is 0.133. The molecule has 0 bridgehead atoms. The number of aromatic nitrogens is 3. The average molecular weight is 267 g/mol. The number of benzene rings is 1. The number of carboxylic acids is 1. The van der Waals surface area contributed by atoms with Crippen molar-refractivity contribution in [2.45, 2.75) is 13.0 Å². The number of hydrogen-bond donors (Lipinski definition) is 1. The summed E-state index contributed by atoms with van der Waals surface area (Å²) in [7, 11) is 0. The number of pyridine rings is 1. The Labute approximate surface area is 115 Å². The summed E-state index contributed by atoms with van der Waals surface area (Å²) >= 11 is 0. The van der Waals surface area contributed by atoms with Gasteiger partial charge in [0.15, 0.2) is 11.3 Å². The van der Waals surface area contributed by atoms with Gasteiger partial charge in [-0.2, -0.15) is 5.10 Å². The number of carbonyl (C=O) groups is 1. The Morgan fingerprint density at radius 1 is 1.20 bits per heavy atom. The largest absolute Gasteiger partial charge is 0.476 e. The van der Waals surface area contributed by atoms with Crippen molar-refractivity contribution in [3.8, 4) is 0 Å². The van der Waals surface area contributed by atoms with Crippen LogP contribution in [0.5, 0.6) is 0 Å². The summed E-state index contributed by atoms with van der Waals surface area (Å²) in [5, 5.41) is 14.0. The maximum Gasteiger partial charge on any atom is 0.357 e. The van der Waals surface area contributed by atoms with Crippen LogP contribution in [0.2, 0.25) is 0 Å². The first-order valence-electron chi connectivity index (χ1n) is 6.30. The molecular formula is C15H13N3O2. The third kappa shape index (κ3) is 1.93. The molecule has 3 rings (SSSR count). The lowest BCUT2D eigenvalue weighted by Gasteiger charge is -2.13. The van der Waals surface area contributed by atoms with Gasteiger partial charge in [0.25, 0.3) is 0 Å². The Morgan fingerprint density at radius 3 is 2.65 bits per heavy atom. The molecule has 5 heteroatoms. The van der Waals surface area contributed by atoms with Crippen LogP contribution < -0.4 is 0 Å². The standard InChI is InChI=1S/C15H13N3O2/c1-10(11-6-3-2-4-7-11)18-14-12(8-5-9-16-14)13(17-18)15(19)20/h2-10H,1H3,(H,19,20). The van der Waals surface area contributed by atoms with Crippen molar-refractivity contribution < 1.29 is 9.90 Å². The van der Waals surface area contributed by atoms with Crippen LogP contribution in [0.25, 0.3) is 11.0 Å². The van der Waals surface area contributed by atoms with E-state index in [-0.39, 0.29) is 11.7 Å². The lowest BCUT2D eigenvalue weighted by atomic mass is 10.1. The van der Waals surface area contributed by atoms with E-state index in [0.29, 0.717) is 11.0 Å². The van der Waals surface area contributed by atoms with Gasteiger partial charge in [0.05, 0.1) is 11.4 Å². The van der Waals surface area contributed by atoms with Gasteiger partial charge in [0.2, 0.25) is 0 Å². The number of carboxylic acid groups (broad SMARTS) is 1. The van der Waals surface area contributed by atoms with Crippen molar-refractivity contribution in [3.63, 3.8) is 0 Å². The molecule has 2 heterocycles. The topological polar surface area (TPSA) is 68.0 Å². The molecule has 0 fully saturated rings. The van der Waals surface area contributed by atoms with E-state index in [2.05, 4.69) is 10.1 Å². The minimum atomic E-state index is -1.04. The summed E-state index contributed by atoms with van der Waals surface area (Å²) < 4.78 is 1.66. The van der Waals surface area contributed by atoms with Crippen molar-refractivity contribution in [2.75, 3.05) is 0 Å². The second-order valence-electron chi connectivity index (χ2n) is 4.56. The Balaban J connectivity index is 2.19. The van der Waals surface area contributed by atoms with Crippen LogP contribution in [0.4, 0.5) is 0 Å². The van der Waals surface area contributed by atoms with Crippen molar-refractivity contribution >= 4 is 17.0 Å². The monoisotopic (exact) mass is 267 g/mol. The molecule has 0 aliphatic rings. The molecule has 1 unspecified atom stereocenters. The van der Waals surface area contributed by atoms with Crippen molar-refractivity contribution in [1.82, 2.24) is 14.8 Å². The molecule has 1 aromatic carbocycles. The van der Waals surface area contributed by atoms with Gasteiger partial charge in [-0.15, -0.1) is 0 Å². The van der Waals surface area contributed by atoms with Crippen LogP contribution in [-0.2, 0) is 0 Å². The predicted octanol–water partition coefficient (Wildman–Crippen LogP) is 2.74. The summed E-state index contributed by atoms with van der Waals surface area (Å²) in [6.07, 6.45) is 1.64. The zero-order valence-corrected chi connectivity index (χ0v) is 10.9. The number of nitrogens with zero attached hydrogens (tertiary/aromatic N) is 3. The molecule has 20 heavy (non-hydrogen) atoms. The number of fused-ring (bicyclic) bond motifs is 1. The summed E-state index contributed by atoms with van der Waals surface area (Å²) in [6.45, 7) is 1.97. The molecule has 1 N–H and O–H groups in total. The van der Waals surface area contributed by atoms with Crippen molar-refractivity contribution in [2.24, 2.45) is 0 Å². The lowest BCUT2D eigenvalue weighted by molar-refractivity contribution is 0.0691. The predicted molar refractivity (Wildman–Crippen MR) is 74.7 cm³/mol. The zero-order chi connectivity index (χ0) is 14.1. The average Bonchev–Trinajstić information content (AvgIpc) is 2.87. The molecule has 0 saturated carbocycles. The fourth-order valence-electron chi connectivity index (χ4n) is 2.27. The van der Waals surface area contributed by atoms with Crippen LogP contribution >= 0.6 is 0 Å². The van der Waals surface area contributed by atoms with Crippen LogP contribution in [0.1, 0.15) is 29.0 Å². The first-order chi connectivity index (χ1) is 9.68. The number of rotatable bonds is 3. The van der Waals surface area contributed by atoms with Gasteiger partial charge in [0.1, 0.15) is 0 Å². The van der Waals surface area contributed by atoms with E-state index < -0.39 is 5.97 Å². The molecule has 0 saturated heterocycles. The van der Waals surface area contributed by atoms with E-state index in [1.54, 1.807) is 23.0 Å². The van der Waals surface area contributed by atoms with E-state index in [9.17, 15) is 9.90 Å². The molecule has 0 aliphatic heterocycles. The van der Waals surface area contributed by atoms with Gasteiger partial charge >= 0.3 is 5.97 Å². The first-order valence-corrected chi connectivity index (χ1v) is 6.30. The van der Waals surface area contributed by atoms with E-state index in [1.807, 2.05) is 37.3 Å². The van der Waals surface area contributed by atoms with Crippen molar-refractivity contribution in [3.05, 3.63) is 59.9 Å². The molecular weight excluding hydrogens is 254 g/mol. The summed E-state index contributed by atoms with van der Waals surface area (Å²) in [5.74, 6) is -1.04. The highest BCUT2D eigenvalue weighted by Crippen LogP contribution is 2.24. The van der Waals surface area contributed by atoms with Gasteiger partial charge in [-0.05, 0) is 24.6 Å². The van der Waals surface area contributed by atoms with Gasteiger partial charge in [-0.1, -0.05) is 30.3 Å². The third-order valence-corrected chi connectivity index (χ3v) is 3.32. The molecule has 0 radical (unpaired) electrons. The molecule has 3 aromatic rings. The maximum absolute atomic E-state index is 11.3. The van der Waals surface area contributed by atoms with Crippen molar-refractivity contribution in [1.29, 1.82) is 0 Å². The lowest BCUT2D eigenvalue weighted by Crippen LogP contribution is -2.10. The maximum atomic E-state index is 11.3. The number of hydrogen-bond acceptors (Lipinski definition) is 3. The van der Waals surface area contributed by atoms with Gasteiger partial charge < -0.3 is 5.11 Å². The summed E-state index contributed by atoms with van der Waals surface area (Å²) in [4.78, 5) is 15.6. The summed E-state index contributed by atoms with van der Waals surface area (Å²) in [5.41, 5.74) is 1.68. The Hall–Kier alpha value is -2.69. The van der Waals surface area contributed by atoms with E-state index in [0.717, 1.165) is 5.56 Å². The molecule has 2 aromatic heterocycles. The fourth-order valence-corrected chi connectivity index (χ4v) is 2.27. The van der Waals surface area contributed by atoms with Crippen LogP contribution in [0, 0.1) is 0 Å². The molecule has 0 spiro atoms. The Kier molecular flexibility index (Phi) is 2.95. The molecule has 0 aliphatic carbocycles. The normalized spacial score (nSPS) is 12.4. The minimum Gasteiger partial charge on any atom is -0.476 e. The van der Waals surface area contributed by atoms with Crippen LogP contribution in [0.15, 0.2) is 48.7 Å². The zero-order valence-electron chi connectivity index (χ0n) is 10.9. The molecule has 0 amide bonds. The van der Waals surface area contributed by atoms with Crippen LogP contribution in [0.3, 0.4) is 0 Å². The molecule has 1 atom stereocenters. The van der Waals surface area contributed by atoms with Gasteiger partial charge in [-0.25, -0.2) is 14.5 Å².